The minimum atomic E-state index is -4.66. The third kappa shape index (κ3) is 5.33. The topological polar surface area (TPSA) is 85.8 Å². The second kappa shape index (κ2) is 10.3. The normalized spacial score (nSPS) is 12.2. The second-order valence-electron chi connectivity index (χ2n) is 7.47. The summed E-state index contributed by atoms with van der Waals surface area (Å²) in [6.45, 7) is 5.45. The molecule has 4 rings (SSSR count). The van der Waals surface area contributed by atoms with Crippen molar-refractivity contribution in [3.63, 3.8) is 0 Å². The highest BCUT2D eigenvalue weighted by Gasteiger charge is 2.35. The zero-order valence-corrected chi connectivity index (χ0v) is 19.0. The van der Waals surface area contributed by atoms with E-state index in [2.05, 4.69) is 27.0 Å². The van der Waals surface area contributed by atoms with E-state index >= 15 is 0 Å². The van der Waals surface area contributed by atoms with Crippen LogP contribution in [0.25, 0.3) is 28.5 Å². The van der Waals surface area contributed by atoms with E-state index in [0.717, 1.165) is 10.7 Å². The fourth-order valence-corrected chi connectivity index (χ4v) is 3.27. The highest BCUT2D eigenvalue weighted by Crippen LogP contribution is 2.35. The van der Waals surface area contributed by atoms with Crippen LogP contribution in [-0.2, 0) is 11.0 Å². The number of carbonyl (C=O) groups is 1. The molecule has 0 fully saturated rings. The predicted octanol–water partition coefficient (Wildman–Crippen LogP) is 6.24. The van der Waals surface area contributed by atoms with Crippen molar-refractivity contribution in [1.82, 2.24) is 19.7 Å². The summed E-state index contributed by atoms with van der Waals surface area (Å²) in [4.78, 5) is 20.3. The van der Waals surface area contributed by atoms with Crippen LogP contribution in [0.15, 0.2) is 102 Å². The summed E-state index contributed by atoms with van der Waals surface area (Å²) in [5.74, 6) is 0.205. The second-order valence-corrected chi connectivity index (χ2v) is 7.47. The maximum absolute atomic E-state index is 13.5. The number of aromatic nitrogens is 4. The summed E-state index contributed by atoms with van der Waals surface area (Å²) >= 11 is 0. The predicted molar refractivity (Wildman–Crippen MR) is 129 cm³/mol. The van der Waals surface area contributed by atoms with Crippen LogP contribution in [0.4, 0.5) is 18.9 Å². The van der Waals surface area contributed by atoms with Gasteiger partial charge in [-0.1, -0.05) is 24.8 Å². The Hall–Kier alpha value is -4.73. The van der Waals surface area contributed by atoms with Gasteiger partial charge in [-0.3, -0.25) is 4.79 Å². The molecule has 0 unspecified atom stereocenters. The van der Waals surface area contributed by atoms with Gasteiger partial charge in [-0.2, -0.15) is 18.3 Å². The lowest BCUT2D eigenvalue weighted by Crippen LogP contribution is -2.13. The van der Waals surface area contributed by atoms with Gasteiger partial charge in [0.2, 0.25) is 0 Å². The number of carbonyl (C=O) groups excluding carboxylic acids is 1. The standard InChI is InChI=1S/C26H20F3N5O2/c1-3-5-6-17(4-2)25(35)32-19-7-9-20(10-8-19)34-21(13-24(33-34)26(27,28)29)23-12-11-22(36-23)18-14-30-16-31-15-18/h3-16H,2H2,1H3,(H,32,35)/b5-3-,17-6+. The molecule has 0 spiro atoms. The van der Waals surface area contributed by atoms with Crippen molar-refractivity contribution >= 4 is 11.6 Å². The zero-order valence-electron chi connectivity index (χ0n) is 19.0. The molecule has 182 valence electrons. The number of halogens is 3. The van der Waals surface area contributed by atoms with Crippen LogP contribution in [0.5, 0.6) is 0 Å². The number of nitrogens with one attached hydrogen (secondary N) is 1. The van der Waals surface area contributed by atoms with Crippen molar-refractivity contribution in [2.24, 2.45) is 0 Å². The molecule has 0 saturated carbocycles. The van der Waals surface area contributed by atoms with Crippen molar-refractivity contribution in [2.45, 2.75) is 13.1 Å². The van der Waals surface area contributed by atoms with Crippen molar-refractivity contribution < 1.29 is 22.4 Å². The fourth-order valence-electron chi connectivity index (χ4n) is 3.27. The van der Waals surface area contributed by atoms with E-state index in [-0.39, 0.29) is 17.4 Å². The maximum atomic E-state index is 13.5. The number of benzene rings is 1. The average Bonchev–Trinajstić information content (AvgIpc) is 3.53. The SMILES string of the molecule is C=C/C(=C\C=C/C)C(=O)Nc1ccc(-n2nc(C(F)(F)F)cc2-c2ccc(-c3cncnc3)o2)cc1. The zero-order chi connectivity index (χ0) is 25.7. The number of nitrogens with zero attached hydrogens (tertiary/aromatic N) is 4. The molecular weight excluding hydrogens is 471 g/mol. The number of alkyl halides is 3. The molecule has 0 bridgehead atoms. The minimum Gasteiger partial charge on any atom is -0.454 e. The molecule has 36 heavy (non-hydrogen) atoms. The van der Waals surface area contributed by atoms with Gasteiger partial charge in [-0.15, -0.1) is 0 Å². The van der Waals surface area contributed by atoms with Gasteiger partial charge in [0, 0.05) is 29.7 Å². The number of amides is 1. The summed E-state index contributed by atoms with van der Waals surface area (Å²) in [6, 6.07) is 10.3. The Kier molecular flexibility index (Phi) is 6.95. The Labute approximate surface area is 204 Å². The van der Waals surface area contributed by atoms with Crippen molar-refractivity contribution in [3.05, 3.63) is 103 Å². The Morgan fingerprint density at radius 1 is 1.08 bits per heavy atom. The molecule has 0 radical (unpaired) electrons. The van der Waals surface area contributed by atoms with Gasteiger partial charge in [-0.05, 0) is 49.4 Å². The molecule has 10 heteroatoms. The van der Waals surface area contributed by atoms with Gasteiger partial charge >= 0.3 is 6.18 Å². The van der Waals surface area contributed by atoms with Crippen LogP contribution in [-0.4, -0.2) is 25.7 Å². The molecule has 1 N–H and O–H groups in total. The first kappa shape index (κ1) is 24.4. The summed E-state index contributed by atoms with van der Waals surface area (Å²) in [7, 11) is 0. The molecule has 7 nitrogen and oxygen atoms in total. The summed E-state index contributed by atoms with van der Waals surface area (Å²) in [5, 5.41) is 6.49. The van der Waals surface area contributed by atoms with Gasteiger partial charge < -0.3 is 9.73 Å². The van der Waals surface area contributed by atoms with Crippen LogP contribution in [0, 0.1) is 0 Å². The molecular formula is C26H20F3N5O2. The van der Waals surface area contributed by atoms with E-state index in [4.69, 9.17) is 4.42 Å². The first-order valence-electron chi connectivity index (χ1n) is 10.7. The Morgan fingerprint density at radius 3 is 2.42 bits per heavy atom. The van der Waals surface area contributed by atoms with Crippen molar-refractivity contribution in [3.8, 4) is 28.5 Å². The molecule has 0 aliphatic carbocycles. The van der Waals surface area contributed by atoms with Gasteiger partial charge in [0.05, 0.1) is 11.3 Å². The molecule has 3 aromatic heterocycles. The van der Waals surface area contributed by atoms with E-state index in [1.54, 1.807) is 54.6 Å². The molecule has 0 aliphatic rings. The monoisotopic (exact) mass is 491 g/mol. The highest BCUT2D eigenvalue weighted by atomic mass is 19.4. The third-order valence-electron chi connectivity index (χ3n) is 5.02. The first-order chi connectivity index (χ1) is 17.3. The number of furan rings is 1. The summed E-state index contributed by atoms with van der Waals surface area (Å²) in [5.41, 5.74) is 0.761. The molecule has 4 aromatic rings. The Morgan fingerprint density at radius 2 is 1.78 bits per heavy atom. The molecule has 0 saturated heterocycles. The van der Waals surface area contributed by atoms with Crippen LogP contribution in [0.3, 0.4) is 0 Å². The molecule has 1 amide bonds. The number of hydrogen-bond acceptors (Lipinski definition) is 5. The Bertz CT molecular complexity index is 1430. The lowest BCUT2D eigenvalue weighted by atomic mass is 10.2. The molecule has 0 aliphatic heterocycles. The Balaban J connectivity index is 1.67. The van der Waals surface area contributed by atoms with Gasteiger partial charge in [0.1, 0.15) is 17.8 Å². The average molecular weight is 491 g/mol. The first-order valence-corrected chi connectivity index (χ1v) is 10.7. The van der Waals surface area contributed by atoms with Gasteiger partial charge in [0.25, 0.3) is 5.91 Å². The molecule has 0 atom stereocenters. The molecule has 1 aromatic carbocycles. The summed E-state index contributed by atoms with van der Waals surface area (Å²) in [6.07, 6.45) is 6.30. The largest absolute Gasteiger partial charge is 0.454 e. The van der Waals surface area contributed by atoms with Gasteiger partial charge in [-0.25, -0.2) is 14.6 Å². The van der Waals surface area contributed by atoms with E-state index < -0.39 is 11.9 Å². The van der Waals surface area contributed by atoms with E-state index in [1.807, 2.05) is 6.92 Å². The van der Waals surface area contributed by atoms with E-state index in [1.165, 1.54) is 24.8 Å². The number of anilines is 1. The van der Waals surface area contributed by atoms with Gasteiger partial charge in [0.15, 0.2) is 11.5 Å². The number of rotatable bonds is 7. The molecule has 3 heterocycles. The minimum absolute atomic E-state index is 0.102. The van der Waals surface area contributed by atoms with Crippen LogP contribution in [0.1, 0.15) is 12.6 Å². The highest BCUT2D eigenvalue weighted by molar-refractivity contribution is 6.05. The smallest absolute Gasteiger partial charge is 0.435 e. The van der Waals surface area contributed by atoms with Crippen molar-refractivity contribution in [2.75, 3.05) is 5.32 Å². The van der Waals surface area contributed by atoms with E-state index in [0.29, 0.717) is 28.3 Å². The van der Waals surface area contributed by atoms with E-state index in [9.17, 15) is 18.0 Å². The number of allylic oxidation sites excluding steroid dienone is 3. The van der Waals surface area contributed by atoms with Crippen LogP contribution in [0.2, 0.25) is 0 Å². The maximum Gasteiger partial charge on any atom is 0.435 e. The number of hydrogen-bond donors (Lipinski definition) is 1. The van der Waals surface area contributed by atoms with Crippen LogP contribution >= 0.6 is 0 Å². The summed E-state index contributed by atoms with van der Waals surface area (Å²) < 4.78 is 47.4. The quantitative estimate of drug-likeness (QED) is 0.245. The van der Waals surface area contributed by atoms with Crippen molar-refractivity contribution in [1.29, 1.82) is 0 Å². The lowest BCUT2D eigenvalue weighted by Gasteiger charge is -2.09. The lowest BCUT2D eigenvalue weighted by molar-refractivity contribution is -0.141. The van der Waals surface area contributed by atoms with Crippen LogP contribution < -0.4 is 5.32 Å². The fraction of sp³-hybridized carbons (Fsp3) is 0.0769. The third-order valence-corrected chi connectivity index (χ3v) is 5.02.